The van der Waals surface area contributed by atoms with Crippen LogP contribution in [0.25, 0.3) is 0 Å². The minimum atomic E-state index is 0.340. The van der Waals surface area contributed by atoms with Crippen molar-refractivity contribution in [1.29, 1.82) is 0 Å². The van der Waals surface area contributed by atoms with Crippen molar-refractivity contribution in [1.82, 2.24) is 0 Å². The average Bonchev–Trinajstić information content (AvgIpc) is 2.68. The molecule has 0 aromatic carbocycles. The lowest BCUT2D eigenvalue weighted by Crippen LogP contribution is -2.68. The van der Waals surface area contributed by atoms with Crippen LogP contribution in [0.4, 0.5) is 0 Å². The number of hydrogen-bond acceptors (Lipinski definition) is 0. The highest BCUT2D eigenvalue weighted by molar-refractivity contribution is 5.17. The third-order valence-corrected chi connectivity index (χ3v) is 13.9. The van der Waals surface area contributed by atoms with E-state index in [4.69, 9.17) is 0 Å². The Hall–Kier alpha value is -0.260. The molecule has 34 heavy (non-hydrogen) atoms. The quantitative estimate of drug-likeness (QED) is 0.360. The summed E-state index contributed by atoms with van der Waals surface area (Å²) in [7, 11) is 0. The topological polar surface area (TPSA) is 0 Å². The van der Waals surface area contributed by atoms with E-state index in [9.17, 15) is 0 Å². The minimum Gasteiger partial charge on any atom is -0.0914 e. The first-order valence-electron chi connectivity index (χ1n) is 14.9. The molecular weight excluding hydrogens is 408 g/mol. The van der Waals surface area contributed by atoms with E-state index in [0.717, 1.165) is 59.2 Å². The highest BCUT2D eigenvalue weighted by Crippen LogP contribution is 2.74. The predicted molar refractivity (Wildman–Crippen MR) is 152 cm³/mol. The van der Waals surface area contributed by atoms with Crippen LogP contribution in [0.15, 0.2) is 12.2 Å². The Kier molecular flexibility index (Phi) is 7.21. The van der Waals surface area contributed by atoms with E-state index in [1.165, 1.54) is 0 Å². The number of fused-ring (bicyclic) bond motifs is 2. The van der Waals surface area contributed by atoms with E-state index in [2.05, 4.69) is 123 Å². The van der Waals surface area contributed by atoms with E-state index in [0.29, 0.717) is 33.5 Å². The van der Waals surface area contributed by atoms with Crippen LogP contribution in [0.5, 0.6) is 0 Å². The van der Waals surface area contributed by atoms with Gasteiger partial charge in [0.05, 0.1) is 0 Å². The highest BCUT2D eigenvalue weighted by Gasteiger charge is 2.69. The van der Waals surface area contributed by atoms with Crippen molar-refractivity contribution in [2.45, 2.75) is 111 Å². The maximum atomic E-state index is 2.70. The van der Waals surface area contributed by atoms with Crippen LogP contribution in [0.2, 0.25) is 0 Å². The lowest BCUT2D eigenvalue weighted by Gasteiger charge is -2.73. The summed E-state index contributed by atoms with van der Waals surface area (Å²) in [6, 6.07) is 0. The fourth-order valence-electron chi connectivity index (χ4n) is 11.9. The zero-order chi connectivity index (χ0) is 26.3. The van der Waals surface area contributed by atoms with Gasteiger partial charge in [0.15, 0.2) is 0 Å². The molecule has 0 saturated heterocycles. The van der Waals surface area contributed by atoms with Gasteiger partial charge in [0.25, 0.3) is 0 Å². The van der Waals surface area contributed by atoms with E-state index >= 15 is 0 Å². The summed E-state index contributed by atoms with van der Waals surface area (Å²) in [5.41, 5.74) is 1.42. The van der Waals surface area contributed by atoms with Crippen LogP contribution in [0.1, 0.15) is 111 Å². The average molecular weight is 471 g/mol. The fraction of sp³-hybridized carbons (Fsp3) is 0.941. The van der Waals surface area contributed by atoms with Gasteiger partial charge in [0.1, 0.15) is 0 Å². The summed E-state index contributed by atoms with van der Waals surface area (Å²) in [6.07, 6.45) is 4.84. The summed E-state index contributed by atoms with van der Waals surface area (Å²) in [4.78, 5) is 0. The van der Waals surface area contributed by atoms with Gasteiger partial charge in [0, 0.05) is 0 Å². The fourth-order valence-corrected chi connectivity index (χ4v) is 11.9. The lowest BCUT2D eigenvalue weighted by molar-refractivity contribution is -0.257. The molecule has 0 N–H and O–H groups in total. The smallest absolute Gasteiger partial charge is 0.0226 e. The molecule has 0 aromatic heterocycles. The SMILES string of the molecule is C/C=C/C(C)C1C(C(C)C)C(C)(C)C2C(C)C3C(C(C)C2C1(C)C)C(C)C(C)(C)C(C)(C)C3C. The second-order valence-corrected chi connectivity index (χ2v) is 16.3. The third-order valence-electron chi connectivity index (χ3n) is 13.9. The number of rotatable bonds is 3. The summed E-state index contributed by atoms with van der Waals surface area (Å²) in [5, 5.41) is 0. The van der Waals surface area contributed by atoms with E-state index in [-0.39, 0.29) is 0 Å². The molecule has 3 saturated carbocycles. The molecule has 0 nitrogen and oxygen atoms in total. The highest BCUT2D eigenvalue weighted by atomic mass is 14.7. The second-order valence-electron chi connectivity index (χ2n) is 16.3. The zero-order valence-corrected chi connectivity index (χ0v) is 26.1. The Morgan fingerprint density at radius 1 is 0.588 bits per heavy atom. The molecule has 11 unspecified atom stereocenters. The summed E-state index contributed by atoms with van der Waals surface area (Å²) in [6.45, 7) is 41.6. The van der Waals surface area contributed by atoms with Gasteiger partial charge in [-0.1, -0.05) is 116 Å². The molecule has 0 radical (unpaired) electrons. The molecule has 0 aromatic rings. The first kappa shape index (κ1) is 28.3. The van der Waals surface area contributed by atoms with Crippen LogP contribution in [0.3, 0.4) is 0 Å². The van der Waals surface area contributed by atoms with Gasteiger partial charge >= 0.3 is 0 Å². The molecule has 198 valence electrons. The molecular formula is C34H62. The van der Waals surface area contributed by atoms with Crippen molar-refractivity contribution in [2.24, 2.45) is 92.7 Å². The molecule has 0 heterocycles. The maximum absolute atomic E-state index is 2.70. The molecule has 0 aliphatic heterocycles. The molecule has 0 heteroatoms. The zero-order valence-electron chi connectivity index (χ0n) is 26.1. The summed E-state index contributed by atoms with van der Waals surface area (Å²) >= 11 is 0. The van der Waals surface area contributed by atoms with Crippen LogP contribution >= 0.6 is 0 Å². The van der Waals surface area contributed by atoms with E-state index < -0.39 is 0 Å². The van der Waals surface area contributed by atoms with Crippen LogP contribution in [-0.2, 0) is 0 Å². The number of allylic oxidation sites excluding steroid dienone is 2. The Morgan fingerprint density at radius 2 is 0.941 bits per heavy atom. The molecule has 0 amide bonds. The Bertz CT molecular complexity index is 761. The monoisotopic (exact) mass is 470 g/mol. The summed E-state index contributed by atoms with van der Waals surface area (Å²) < 4.78 is 0. The second kappa shape index (κ2) is 8.65. The molecule has 0 bridgehead atoms. The predicted octanol–water partition coefficient (Wildman–Crippen LogP) is 10.2. The molecule has 11 atom stereocenters. The Labute approximate surface area is 215 Å². The van der Waals surface area contributed by atoms with Gasteiger partial charge in [-0.3, -0.25) is 0 Å². The summed E-state index contributed by atoms with van der Waals surface area (Å²) in [5.74, 6) is 9.16. The van der Waals surface area contributed by atoms with Gasteiger partial charge in [0.2, 0.25) is 0 Å². The standard InChI is InChI=1S/C34H62/c1-17-18-20(4)28-27(19(2)3)31(9,10)29-21(5)25-23(7)33(13,14)34(15,16)24(8)26(25)22(6)30(29)32(28,11)12/h17-30H,1-16H3/b18-17+. The molecule has 0 spiro atoms. The third kappa shape index (κ3) is 3.56. The number of hydrogen-bond donors (Lipinski definition) is 0. The van der Waals surface area contributed by atoms with Crippen molar-refractivity contribution >= 4 is 0 Å². The van der Waals surface area contributed by atoms with Crippen LogP contribution in [0, 0.1) is 92.7 Å². The molecule has 3 rings (SSSR count). The van der Waals surface area contributed by atoms with E-state index in [1.807, 2.05) is 0 Å². The molecule has 3 fully saturated rings. The molecule has 3 aliphatic rings. The first-order valence-corrected chi connectivity index (χ1v) is 14.9. The van der Waals surface area contributed by atoms with Crippen molar-refractivity contribution in [3.8, 4) is 0 Å². The van der Waals surface area contributed by atoms with Crippen molar-refractivity contribution in [3.05, 3.63) is 12.2 Å². The Balaban J connectivity index is 2.25. The normalized spacial score (nSPS) is 47.8. The molecule has 3 aliphatic carbocycles. The van der Waals surface area contributed by atoms with Gasteiger partial charge in [-0.05, 0) is 99.6 Å². The van der Waals surface area contributed by atoms with Gasteiger partial charge < -0.3 is 0 Å². The van der Waals surface area contributed by atoms with Crippen molar-refractivity contribution < 1.29 is 0 Å². The van der Waals surface area contributed by atoms with Crippen molar-refractivity contribution in [3.63, 3.8) is 0 Å². The first-order chi connectivity index (χ1) is 15.3. The largest absolute Gasteiger partial charge is 0.0914 e. The minimum absolute atomic E-state index is 0.340. The van der Waals surface area contributed by atoms with Gasteiger partial charge in [-0.15, -0.1) is 0 Å². The Morgan fingerprint density at radius 3 is 1.26 bits per heavy atom. The lowest BCUT2D eigenvalue weighted by atomic mass is 9.31. The maximum Gasteiger partial charge on any atom is -0.0226 e. The van der Waals surface area contributed by atoms with E-state index in [1.54, 1.807) is 0 Å². The van der Waals surface area contributed by atoms with Gasteiger partial charge in [-0.25, -0.2) is 0 Å². The van der Waals surface area contributed by atoms with Gasteiger partial charge in [-0.2, -0.15) is 0 Å². The van der Waals surface area contributed by atoms with Crippen LogP contribution in [-0.4, -0.2) is 0 Å². The van der Waals surface area contributed by atoms with Crippen molar-refractivity contribution in [2.75, 3.05) is 0 Å². The van der Waals surface area contributed by atoms with Crippen LogP contribution < -0.4 is 0 Å².